The first kappa shape index (κ1) is 11.1. The number of fused-ring (bicyclic) bond motifs is 1. The molecule has 0 bridgehead atoms. The van der Waals surface area contributed by atoms with Crippen LogP contribution in [-0.2, 0) is 0 Å². The van der Waals surface area contributed by atoms with Crippen molar-refractivity contribution in [1.29, 1.82) is 0 Å². The molecule has 0 aliphatic heterocycles. The van der Waals surface area contributed by atoms with Crippen molar-refractivity contribution in [3.05, 3.63) is 0 Å². The van der Waals surface area contributed by atoms with E-state index in [4.69, 9.17) is 0 Å². The van der Waals surface area contributed by atoms with E-state index >= 15 is 0 Å². The third-order valence-corrected chi connectivity index (χ3v) is 6.31. The zero-order chi connectivity index (χ0) is 11.3. The SMILES string of the molecule is CCCC1C2CCCC(C)CCC3(C)C1C23. The molecule has 3 aliphatic rings. The zero-order valence-corrected chi connectivity index (χ0v) is 11.3. The Morgan fingerprint density at radius 3 is 2.69 bits per heavy atom. The molecule has 0 aromatic rings. The van der Waals surface area contributed by atoms with Crippen LogP contribution in [0.4, 0.5) is 0 Å². The van der Waals surface area contributed by atoms with Gasteiger partial charge >= 0.3 is 0 Å². The predicted octanol–water partition coefficient (Wildman–Crippen LogP) is 4.89. The van der Waals surface area contributed by atoms with E-state index in [1.165, 1.54) is 32.1 Å². The van der Waals surface area contributed by atoms with Gasteiger partial charge in [-0.25, -0.2) is 0 Å². The van der Waals surface area contributed by atoms with Gasteiger partial charge in [0.05, 0.1) is 0 Å². The standard InChI is InChI=1S/C16H28/c1-4-6-12-13-8-5-7-11(2)9-10-16(3)14(12)15(13)16/h11-15H,4-10H2,1-3H3. The van der Waals surface area contributed by atoms with E-state index in [-0.39, 0.29) is 0 Å². The van der Waals surface area contributed by atoms with Crippen LogP contribution < -0.4 is 0 Å². The van der Waals surface area contributed by atoms with Gasteiger partial charge in [0.15, 0.2) is 0 Å². The monoisotopic (exact) mass is 220 g/mol. The van der Waals surface area contributed by atoms with Gasteiger partial charge in [-0.2, -0.15) is 0 Å². The summed E-state index contributed by atoms with van der Waals surface area (Å²) in [6.45, 7) is 7.46. The smallest absolute Gasteiger partial charge is 0.0258 e. The maximum Gasteiger partial charge on any atom is -0.0258 e. The average molecular weight is 220 g/mol. The van der Waals surface area contributed by atoms with Crippen molar-refractivity contribution in [1.82, 2.24) is 0 Å². The molecule has 6 atom stereocenters. The minimum atomic E-state index is 0.795. The Labute approximate surface area is 101 Å². The van der Waals surface area contributed by atoms with Crippen LogP contribution in [0, 0.1) is 35.0 Å². The number of rotatable bonds is 2. The largest absolute Gasteiger partial charge is 0.0654 e. The molecule has 0 spiro atoms. The Bertz CT molecular complexity index is 263. The van der Waals surface area contributed by atoms with Gasteiger partial charge in [0.25, 0.3) is 0 Å². The molecule has 0 saturated heterocycles. The van der Waals surface area contributed by atoms with E-state index in [0.717, 1.165) is 35.0 Å². The van der Waals surface area contributed by atoms with Crippen molar-refractivity contribution in [2.75, 3.05) is 0 Å². The second-order valence-corrected chi connectivity index (χ2v) is 7.25. The highest BCUT2D eigenvalue weighted by Gasteiger charge is 2.74. The highest BCUT2D eigenvalue weighted by atomic mass is 14.8. The maximum absolute atomic E-state index is 2.61. The third kappa shape index (κ3) is 1.41. The fourth-order valence-corrected chi connectivity index (χ4v) is 5.39. The lowest BCUT2D eigenvalue weighted by Gasteiger charge is -2.36. The summed E-state index contributed by atoms with van der Waals surface area (Å²) in [5, 5.41) is 0. The van der Waals surface area contributed by atoms with Gasteiger partial charge in [0.1, 0.15) is 0 Å². The van der Waals surface area contributed by atoms with Gasteiger partial charge < -0.3 is 0 Å². The van der Waals surface area contributed by atoms with Gasteiger partial charge in [-0.05, 0) is 47.8 Å². The number of hydrogen-bond acceptors (Lipinski definition) is 0. The summed E-state index contributed by atoms with van der Waals surface area (Å²) < 4.78 is 0. The van der Waals surface area contributed by atoms with Gasteiger partial charge in [0, 0.05) is 0 Å². The summed E-state index contributed by atoms with van der Waals surface area (Å²) in [5.74, 6) is 5.59. The zero-order valence-electron chi connectivity index (χ0n) is 11.3. The molecule has 0 heteroatoms. The van der Waals surface area contributed by atoms with Crippen molar-refractivity contribution < 1.29 is 0 Å². The van der Waals surface area contributed by atoms with Crippen LogP contribution in [0.5, 0.6) is 0 Å². The van der Waals surface area contributed by atoms with Crippen LogP contribution in [0.3, 0.4) is 0 Å². The van der Waals surface area contributed by atoms with Crippen molar-refractivity contribution in [2.45, 2.75) is 65.7 Å². The summed E-state index contributed by atoms with van der Waals surface area (Å²) >= 11 is 0. The molecule has 16 heavy (non-hydrogen) atoms. The van der Waals surface area contributed by atoms with Crippen molar-refractivity contribution in [3.63, 3.8) is 0 Å². The molecule has 0 aromatic heterocycles. The lowest BCUT2D eigenvalue weighted by atomic mass is 9.69. The van der Waals surface area contributed by atoms with Crippen molar-refractivity contribution in [2.24, 2.45) is 35.0 Å². The van der Waals surface area contributed by atoms with Gasteiger partial charge in [-0.15, -0.1) is 0 Å². The van der Waals surface area contributed by atoms with Crippen LogP contribution in [-0.4, -0.2) is 0 Å². The molecule has 0 amide bonds. The lowest BCUT2D eigenvalue weighted by molar-refractivity contribution is 0.126. The fraction of sp³-hybridized carbons (Fsp3) is 1.00. The molecule has 0 radical (unpaired) electrons. The first-order chi connectivity index (χ1) is 7.68. The quantitative estimate of drug-likeness (QED) is 0.622. The third-order valence-electron chi connectivity index (χ3n) is 6.31. The number of hydrogen-bond donors (Lipinski definition) is 0. The second-order valence-electron chi connectivity index (χ2n) is 7.25. The summed E-state index contributed by atoms with van der Waals surface area (Å²) in [6.07, 6.45) is 10.6. The van der Waals surface area contributed by atoms with Crippen LogP contribution in [0.1, 0.15) is 65.7 Å². The topological polar surface area (TPSA) is 0 Å². The van der Waals surface area contributed by atoms with E-state index in [2.05, 4.69) is 20.8 Å². The van der Waals surface area contributed by atoms with Crippen LogP contribution >= 0.6 is 0 Å². The molecular formula is C16H28. The molecule has 0 aromatic carbocycles. The molecular weight excluding hydrogens is 192 g/mol. The molecule has 3 saturated carbocycles. The van der Waals surface area contributed by atoms with Crippen LogP contribution in [0.15, 0.2) is 0 Å². The molecule has 3 rings (SSSR count). The Morgan fingerprint density at radius 1 is 1.12 bits per heavy atom. The van der Waals surface area contributed by atoms with E-state index < -0.39 is 0 Å². The average Bonchev–Trinajstić information content (AvgIpc) is 2.78. The van der Waals surface area contributed by atoms with Crippen LogP contribution in [0.2, 0.25) is 0 Å². The Morgan fingerprint density at radius 2 is 1.94 bits per heavy atom. The Hall–Kier alpha value is 0. The summed E-state index contributed by atoms with van der Waals surface area (Å²) in [4.78, 5) is 0. The van der Waals surface area contributed by atoms with E-state index in [9.17, 15) is 0 Å². The molecule has 0 heterocycles. The Balaban J connectivity index is 1.72. The first-order valence-electron chi connectivity index (χ1n) is 7.68. The maximum atomic E-state index is 2.61. The van der Waals surface area contributed by atoms with Gasteiger partial charge in [-0.3, -0.25) is 0 Å². The van der Waals surface area contributed by atoms with Gasteiger partial charge in [0.2, 0.25) is 0 Å². The summed E-state index contributed by atoms with van der Waals surface area (Å²) in [7, 11) is 0. The Kier molecular flexibility index (Phi) is 2.60. The molecule has 0 nitrogen and oxygen atoms in total. The van der Waals surface area contributed by atoms with E-state index in [1.54, 1.807) is 12.8 Å². The van der Waals surface area contributed by atoms with Crippen molar-refractivity contribution >= 4 is 0 Å². The van der Waals surface area contributed by atoms with E-state index in [1.807, 2.05) is 0 Å². The molecule has 3 aliphatic carbocycles. The highest BCUT2D eigenvalue weighted by molar-refractivity contribution is 5.21. The summed E-state index contributed by atoms with van der Waals surface area (Å²) in [5.41, 5.74) is 0.795. The summed E-state index contributed by atoms with van der Waals surface area (Å²) in [6, 6.07) is 0. The second kappa shape index (κ2) is 3.75. The van der Waals surface area contributed by atoms with Gasteiger partial charge in [-0.1, -0.05) is 52.9 Å². The molecule has 92 valence electrons. The molecule has 3 fully saturated rings. The van der Waals surface area contributed by atoms with E-state index in [0.29, 0.717) is 0 Å². The first-order valence-corrected chi connectivity index (χ1v) is 7.68. The van der Waals surface area contributed by atoms with Crippen LogP contribution in [0.25, 0.3) is 0 Å². The molecule has 0 N–H and O–H groups in total. The minimum Gasteiger partial charge on any atom is -0.0654 e. The molecule has 6 unspecified atom stereocenters. The predicted molar refractivity (Wildman–Crippen MR) is 69.2 cm³/mol. The van der Waals surface area contributed by atoms with Crippen molar-refractivity contribution in [3.8, 4) is 0 Å². The normalized spacial score (nSPS) is 55.3. The highest BCUT2D eigenvalue weighted by Crippen LogP contribution is 2.79. The lowest BCUT2D eigenvalue weighted by Crippen LogP contribution is -2.29. The minimum absolute atomic E-state index is 0.795. The fourth-order valence-electron chi connectivity index (χ4n) is 5.39.